The molecule has 2 aliphatic rings. The smallest absolute Gasteiger partial charge is 0.220 e. The summed E-state index contributed by atoms with van der Waals surface area (Å²) >= 11 is 0. The second-order valence-electron chi connectivity index (χ2n) is 18.0. The molecule has 12 unspecified atom stereocenters. The lowest BCUT2D eigenvalue weighted by molar-refractivity contribution is -0.359. The second-order valence-corrected chi connectivity index (χ2v) is 18.0. The molecule has 2 rings (SSSR count). The average Bonchev–Trinajstić information content (AvgIpc) is 3.26. The van der Waals surface area contributed by atoms with Crippen LogP contribution in [0.3, 0.4) is 0 Å². The summed E-state index contributed by atoms with van der Waals surface area (Å²) in [7, 11) is 0. The van der Waals surface area contributed by atoms with E-state index in [4.69, 9.17) is 18.9 Å². The summed E-state index contributed by atoms with van der Waals surface area (Å²) in [6, 6.07) is -0.819. The predicted octanol–water partition coefficient (Wildman–Crippen LogP) is 5.83. The molecule has 0 saturated carbocycles. The number of aliphatic hydroxyl groups excluding tert-OH is 8. The number of ether oxygens (including phenoxy) is 4. The third kappa shape index (κ3) is 23.1. The fourth-order valence-electron chi connectivity index (χ4n) is 8.47. The molecule has 1 amide bonds. The van der Waals surface area contributed by atoms with Gasteiger partial charge < -0.3 is 65.1 Å². The molecule has 14 heteroatoms. The summed E-state index contributed by atoms with van der Waals surface area (Å²) in [5.74, 6) is -0.207. The zero-order valence-electron chi connectivity index (χ0n) is 38.2. The van der Waals surface area contributed by atoms with Crippen molar-refractivity contribution in [1.82, 2.24) is 5.32 Å². The summed E-state index contributed by atoms with van der Waals surface area (Å²) < 4.78 is 22.7. The Morgan fingerprint density at radius 3 is 1.39 bits per heavy atom. The molecule has 0 aromatic carbocycles. The highest BCUT2D eigenvalue weighted by Crippen LogP contribution is 2.30. The number of hydrogen-bond donors (Lipinski definition) is 9. The van der Waals surface area contributed by atoms with Gasteiger partial charge in [0.1, 0.15) is 48.8 Å². The molecule has 2 fully saturated rings. The molecule has 61 heavy (non-hydrogen) atoms. The third-order valence-corrected chi connectivity index (χ3v) is 12.6. The van der Waals surface area contributed by atoms with Crippen LogP contribution in [0.5, 0.6) is 0 Å². The number of rotatable bonds is 38. The van der Waals surface area contributed by atoms with Crippen molar-refractivity contribution in [3.63, 3.8) is 0 Å². The molecule has 0 aromatic rings. The third-order valence-electron chi connectivity index (χ3n) is 12.6. The van der Waals surface area contributed by atoms with E-state index >= 15 is 0 Å². The van der Waals surface area contributed by atoms with Gasteiger partial charge in [0.15, 0.2) is 12.6 Å². The Morgan fingerprint density at radius 2 is 0.934 bits per heavy atom. The van der Waals surface area contributed by atoms with Gasteiger partial charge in [-0.1, -0.05) is 181 Å². The standard InChI is InChI=1S/C47H91NO13/c1-3-5-7-9-11-13-14-15-16-17-18-19-20-21-22-23-25-27-29-31-39(52)48-35(36(51)30-28-26-24-12-10-8-6-4-2)34-58-46-44(57)42(55)45(38(33-50)60-46)61-47-43(56)41(54)40(53)37(32-49)59-47/h35-38,40-47,49-51,53-57H,3-34H2,1-2H3,(H,48,52). The molecule has 0 aromatic heterocycles. The molecule has 12 atom stereocenters. The maximum atomic E-state index is 13.1. The van der Waals surface area contributed by atoms with E-state index in [-0.39, 0.29) is 12.5 Å². The van der Waals surface area contributed by atoms with Crippen LogP contribution in [0.25, 0.3) is 0 Å². The van der Waals surface area contributed by atoms with E-state index in [0.29, 0.717) is 12.8 Å². The largest absolute Gasteiger partial charge is 0.394 e. The summed E-state index contributed by atoms with van der Waals surface area (Å²) in [6.45, 7) is 2.82. The first kappa shape index (κ1) is 56.1. The maximum Gasteiger partial charge on any atom is 0.220 e. The van der Waals surface area contributed by atoms with Gasteiger partial charge >= 0.3 is 0 Å². The lowest BCUT2D eigenvalue weighted by Gasteiger charge is -2.46. The Kier molecular flexibility index (Phi) is 32.5. The molecule has 362 valence electrons. The fraction of sp³-hybridized carbons (Fsp3) is 0.979. The molecule has 2 saturated heterocycles. The number of hydrogen-bond acceptors (Lipinski definition) is 13. The van der Waals surface area contributed by atoms with Crippen LogP contribution in [0.4, 0.5) is 0 Å². The van der Waals surface area contributed by atoms with E-state index in [2.05, 4.69) is 19.2 Å². The lowest BCUT2D eigenvalue weighted by Crippen LogP contribution is -2.65. The van der Waals surface area contributed by atoms with Crippen molar-refractivity contribution in [3.8, 4) is 0 Å². The van der Waals surface area contributed by atoms with Gasteiger partial charge in [-0.25, -0.2) is 0 Å². The fourth-order valence-corrected chi connectivity index (χ4v) is 8.47. The van der Waals surface area contributed by atoms with Crippen LogP contribution in [0.1, 0.15) is 200 Å². The Balaban J connectivity index is 1.77. The van der Waals surface area contributed by atoms with Crippen LogP contribution >= 0.6 is 0 Å². The SMILES string of the molecule is CCCCCCCCCCCCCCCCCCCCCC(=O)NC(COC1OC(CO)C(OC2OC(CO)C(O)C(O)C2O)C(O)C1O)C(O)CCCCCCCCCC. The minimum Gasteiger partial charge on any atom is -0.394 e. The first-order chi connectivity index (χ1) is 29.6. The van der Waals surface area contributed by atoms with E-state index in [1.54, 1.807) is 0 Å². The van der Waals surface area contributed by atoms with Gasteiger partial charge in [0.25, 0.3) is 0 Å². The molecular weight excluding hydrogens is 787 g/mol. The van der Waals surface area contributed by atoms with Gasteiger partial charge in [0.2, 0.25) is 5.91 Å². The molecule has 0 bridgehead atoms. The Bertz CT molecular complexity index is 1040. The summed E-state index contributed by atoms with van der Waals surface area (Å²) in [5, 5.41) is 86.6. The van der Waals surface area contributed by atoms with Crippen LogP contribution in [0.2, 0.25) is 0 Å². The molecular formula is C47H91NO13. The Morgan fingerprint density at radius 1 is 0.525 bits per heavy atom. The van der Waals surface area contributed by atoms with E-state index in [9.17, 15) is 45.6 Å². The summed E-state index contributed by atoms with van der Waals surface area (Å²) in [4.78, 5) is 13.1. The van der Waals surface area contributed by atoms with Crippen molar-refractivity contribution < 1.29 is 64.6 Å². The number of amides is 1. The van der Waals surface area contributed by atoms with Gasteiger partial charge in [-0.3, -0.25) is 4.79 Å². The first-order valence-electron chi connectivity index (χ1n) is 24.8. The molecule has 0 aliphatic carbocycles. The highest BCUT2D eigenvalue weighted by Gasteiger charge is 2.51. The molecule has 2 aliphatic heterocycles. The zero-order valence-corrected chi connectivity index (χ0v) is 38.2. The molecule has 9 N–H and O–H groups in total. The van der Waals surface area contributed by atoms with Crippen molar-refractivity contribution >= 4 is 5.91 Å². The van der Waals surface area contributed by atoms with Crippen molar-refractivity contribution in [2.45, 2.75) is 274 Å². The molecule has 14 nitrogen and oxygen atoms in total. The normalized spacial score (nSPS) is 27.9. The van der Waals surface area contributed by atoms with Gasteiger partial charge in [0.05, 0.1) is 32.0 Å². The highest BCUT2D eigenvalue weighted by atomic mass is 16.7. The number of carbonyl (C=O) groups excluding carboxylic acids is 1. The van der Waals surface area contributed by atoms with Gasteiger partial charge in [-0.2, -0.15) is 0 Å². The van der Waals surface area contributed by atoms with Crippen molar-refractivity contribution in [3.05, 3.63) is 0 Å². The van der Waals surface area contributed by atoms with Crippen molar-refractivity contribution in [2.24, 2.45) is 0 Å². The molecule has 0 radical (unpaired) electrons. The number of unbranched alkanes of at least 4 members (excludes halogenated alkanes) is 25. The number of aliphatic hydroxyl groups is 8. The molecule has 0 spiro atoms. The summed E-state index contributed by atoms with van der Waals surface area (Å²) in [6.07, 6.45) is 17.0. The minimum absolute atomic E-state index is 0.207. The maximum absolute atomic E-state index is 13.1. The topological polar surface area (TPSA) is 228 Å². The van der Waals surface area contributed by atoms with Crippen LogP contribution in [0.15, 0.2) is 0 Å². The first-order valence-corrected chi connectivity index (χ1v) is 24.8. The van der Waals surface area contributed by atoms with Crippen LogP contribution in [0, 0.1) is 0 Å². The van der Waals surface area contributed by atoms with Crippen LogP contribution in [-0.4, -0.2) is 140 Å². The number of carbonyl (C=O) groups is 1. The summed E-state index contributed by atoms with van der Waals surface area (Å²) in [5.41, 5.74) is 0. The van der Waals surface area contributed by atoms with Crippen molar-refractivity contribution in [1.29, 1.82) is 0 Å². The van der Waals surface area contributed by atoms with E-state index in [1.807, 2.05) is 0 Å². The van der Waals surface area contributed by atoms with E-state index in [1.165, 1.54) is 122 Å². The number of nitrogens with one attached hydrogen (secondary N) is 1. The van der Waals surface area contributed by atoms with Crippen molar-refractivity contribution in [2.75, 3.05) is 19.8 Å². The monoisotopic (exact) mass is 878 g/mol. The average molecular weight is 878 g/mol. The van der Waals surface area contributed by atoms with Crippen LogP contribution in [-0.2, 0) is 23.7 Å². The Labute approximate surface area is 368 Å². The van der Waals surface area contributed by atoms with Crippen LogP contribution < -0.4 is 5.32 Å². The van der Waals surface area contributed by atoms with E-state index in [0.717, 1.165) is 51.4 Å². The minimum atomic E-state index is -1.78. The quantitative estimate of drug-likeness (QED) is 0.0334. The predicted molar refractivity (Wildman–Crippen MR) is 236 cm³/mol. The Hall–Kier alpha value is -1.01. The van der Waals surface area contributed by atoms with Gasteiger partial charge in [-0.05, 0) is 12.8 Å². The van der Waals surface area contributed by atoms with Gasteiger partial charge in [0, 0.05) is 6.42 Å². The second kappa shape index (κ2) is 35.3. The lowest BCUT2D eigenvalue weighted by atomic mass is 9.97. The van der Waals surface area contributed by atoms with E-state index < -0.39 is 86.8 Å². The zero-order chi connectivity index (χ0) is 44.7. The highest BCUT2D eigenvalue weighted by molar-refractivity contribution is 5.76. The van der Waals surface area contributed by atoms with Gasteiger partial charge in [-0.15, -0.1) is 0 Å². The molecule has 2 heterocycles.